The molecule has 0 aromatic heterocycles. The third-order valence-corrected chi connectivity index (χ3v) is 1.66. The van der Waals surface area contributed by atoms with Crippen molar-refractivity contribution in [2.24, 2.45) is 0 Å². The molecule has 0 aliphatic rings. The van der Waals surface area contributed by atoms with Crippen molar-refractivity contribution in [2.75, 3.05) is 19.7 Å². The molecular formula is C12H23NO3. The Morgan fingerprint density at radius 1 is 1.38 bits per heavy atom. The number of nitrogens with one attached hydrogen (secondary N) is 1. The summed E-state index contributed by atoms with van der Waals surface area (Å²) in [4.78, 5) is 11.3. The molecule has 0 atom stereocenters. The maximum atomic E-state index is 11.3. The minimum Gasteiger partial charge on any atom is -0.502 e. The van der Waals surface area contributed by atoms with E-state index in [1.54, 1.807) is 0 Å². The molecule has 0 saturated carbocycles. The molecule has 0 bridgehead atoms. The molecule has 0 spiro atoms. The average molecular weight is 229 g/mol. The third kappa shape index (κ3) is 11.0. The first-order valence-corrected chi connectivity index (χ1v) is 5.61. The van der Waals surface area contributed by atoms with Crippen LogP contribution in [-0.2, 0) is 14.3 Å². The van der Waals surface area contributed by atoms with Gasteiger partial charge < -0.3 is 14.8 Å². The quantitative estimate of drug-likeness (QED) is 0.392. The Morgan fingerprint density at radius 3 is 2.62 bits per heavy atom. The predicted octanol–water partition coefficient (Wildman–Crippen LogP) is 1.86. The largest absolute Gasteiger partial charge is 0.502 e. The van der Waals surface area contributed by atoms with Gasteiger partial charge >= 0.3 is 5.97 Å². The molecule has 0 amide bonds. The summed E-state index contributed by atoms with van der Waals surface area (Å²) in [5.74, 6) is -0.164. The maximum absolute atomic E-state index is 11.3. The standard InChI is InChI=1S/C12H23NO3/c1-5-15-10-6-8-13-9-7-11(14)16-12(2,3)4/h5,13H,1,6-10H2,2-4H3. The van der Waals surface area contributed by atoms with Gasteiger partial charge in [-0.3, -0.25) is 4.79 Å². The van der Waals surface area contributed by atoms with Crippen molar-refractivity contribution in [3.8, 4) is 0 Å². The summed E-state index contributed by atoms with van der Waals surface area (Å²) < 4.78 is 10.1. The van der Waals surface area contributed by atoms with Gasteiger partial charge in [-0.05, 0) is 33.7 Å². The summed E-state index contributed by atoms with van der Waals surface area (Å²) in [5, 5.41) is 3.15. The van der Waals surface area contributed by atoms with Crippen molar-refractivity contribution < 1.29 is 14.3 Å². The van der Waals surface area contributed by atoms with Crippen LogP contribution < -0.4 is 5.32 Å². The number of ether oxygens (including phenoxy) is 2. The lowest BCUT2D eigenvalue weighted by Gasteiger charge is -2.19. The molecule has 94 valence electrons. The van der Waals surface area contributed by atoms with Gasteiger partial charge in [0.05, 0.1) is 19.3 Å². The zero-order valence-corrected chi connectivity index (χ0v) is 10.5. The Kier molecular flexibility index (Phi) is 7.64. The molecule has 0 rings (SSSR count). The first-order chi connectivity index (χ1) is 7.45. The van der Waals surface area contributed by atoms with E-state index in [0.717, 1.165) is 13.0 Å². The Labute approximate surface area is 98.0 Å². The highest BCUT2D eigenvalue weighted by atomic mass is 16.6. The summed E-state index contributed by atoms with van der Waals surface area (Å²) in [6.07, 6.45) is 2.74. The van der Waals surface area contributed by atoms with Gasteiger partial charge in [-0.1, -0.05) is 6.58 Å². The van der Waals surface area contributed by atoms with Crippen molar-refractivity contribution in [1.29, 1.82) is 0 Å². The third-order valence-electron chi connectivity index (χ3n) is 1.66. The Balaban J connectivity index is 3.31. The highest BCUT2D eigenvalue weighted by Crippen LogP contribution is 2.07. The van der Waals surface area contributed by atoms with E-state index in [1.807, 2.05) is 20.8 Å². The summed E-state index contributed by atoms with van der Waals surface area (Å²) in [6.45, 7) is 11.2. The number of hydrogen-bond donors (Lipinski definition) is 1. The average Bonchev–Trinajstić information content (AvgIpc) is 2.13. The van der Waals surface area contributed by atoms with Gasteiger partial charge in [-0.2, -0.15) is 0 Å². The second kappa shape index (κ2) is 8.16. The number of esters is 1. The Bertz CT molecular complexity index is 209. The smallest absolute Gasteiger partial charge is 0.307 e. The highest BCUT2D eigenvalue weighted by Gasteiger charge is 2.15. The minimum absolute atomic E-state index is 0.164. The van der Waals surface area contributed by atoms with Crippen LogP contribution in [0.15, 0.2) is 12.8 Å². The molecule has 0 unspecified atom stereocenters. The van der Waals surface area contributed by atoms with Crippen molar-refractivity contribution >= 4 is 5.97 Å². The zero-order valence-electron chi connectivity index (χ0n) is 10.5. The van der Waals surface area contributed by atoms with Gasteiger partial charge in [0, 0.05) is 6.54 Å². The molecule has 4 heteroatoms. The van der Waals surface area contributed by atoms with Crippen molar-refractivity contribution in [1.82, 2.24) is 5.32 Å². The molecule has 1 N–H and O–H groups in total. The monoisotopic (exact) mass is 229 g/mol. The molecule has 0 radical (unpaired) electrons. The fraction of sp³-hybridized carbons (Fsp3) is 0.750. The van der Waals surface area contributed by atoms with Crippen LogP contribution >= 0.6 is 0 Å². The number of hydrogen-bond acceptors (Lipinski definition) is 4. The molecule has 0 aromatic carbocycles. The van der Waals surface area contributed by atoms with Gasteiger partial charge in [-0.25, -0.2) is 0 Å². The topological polar surface area (TPSA) is 47.6 Å². The minimum atomic E-state index is -0.394. The predicted molar refractivity (Wildman–Crippen MR) is 64.1 cm³/mol. The Hall–Kier alpha value is -1.03. The van der Waals surface area contributed by atoms with E-state index in [2.05, 4.69) is 11.9 Å². The lowest BCUT2D eigenvalue weighted by atomic mass is 10.2. The van der Waals surface area contributed by atoms with Gasteiger partial charge in [0.15, 0.2) is 0 Å². The summed E-state index contributed by atoms with van der Waals surface area (Å²) in [6, 6.07) is 0. The molecule has 16 heavy (non-hydrogen) atoms. The second-order valence-corrected chi connectivity index (χ2v) is 4.48. The fourth-order valence-electron chi connectivity index (χ4n) is 1.07. The van der Waals surface area contributed by atoms with Crippen LogP contribution in [0.4, 0.5) is 0 Å². The van der Waals surface area contributed by atoms with Crippen LogP contribution in [0.3, 0.4) is 0 Å². The normalized spacial score (nSPS) is 10.9. The van der Waals surface area contributed by atoms with E-state index in [0.29, 0.717) is 19.6 Å². The molecule has 0 aliphatic heterocycles. The molecule has 0 aromatic rings. The summed E-state index contributed by atoms with van der Waals surface area (Å²) in [7, 11) is 0. The van der Waals surface area contributed by atoms with Crippen molar-refractivity contribution in [3.05, 3.63) is 12.8 Å². The molecule has 0 saturated heterocycles. The van der Waals surface area contributed by atoms with Crippen LogP contribution in [0.2, 0.25) is 0 Å². The number of carbonyl (C=O) groups excluding carboxylic acids is 1. The van der Waals surface area contributed by atoms with E-state index >= 15 is 0 Å². The van der Waals surface area contributed by atoms with Gasteiger partial charge in [-0.15, -0.1) is 0 Å². The first-order valence-electron chi connectivity index (χ1n) is 5.61. The van der Waals surface area contributed by atoms with Crippen LogP contribution in [0.5, 0.6) is 0 Å². The fourth-order valence-corrected chi connectivity index (χ4v) is 1.07. The molecule has 4 nitrogen and oxygen atoms in total. The number of carbonyl (C=O) groups is 1. The van der Waals surface area contributed by atoms with E-state index in [4.69, 9.17) is 9.47 Å². The van der Waals surface area contributed by atoms with E-state index < -0.39 is 5.60 Å². The van der Waals surface area contributed by atoms with Gasteiger partial charge in [0.2, 0.25) is 0 Å². The van der Waals surface area contributed by atoms with E-state index in [-0.39, 0.29) is 5.97 Å². The molecular weight excluding hydrogens is 206 g/mol. The van der Waals surface area contributed by atoms with Crippen molar-refractivity contribution in [3.63, 3.8) is 0 Å². The lowest BCUT2D eigenvalue weighted by molar-refractivity contribution is -0.154. The Morgan fingerprint density at radius 2 is 2.06 bits per heavy atom. The van der Waals surface area contributed by atoms with Gasteiger partial charge in [0.1, 0.15) is 5.60 Å². The van der Waals surface area contributed by atoms with Crippen LogP contribution in [0.25, 0.3) is 0 Å². The number of rotatable bonds is 8. The van der Waals surface area contributed by atoms with Crippen LogP contribution in [0.1, 0.15) is 33.6 Å². The zero-order chi connectivity index (χ0) is 12.4. The summed E-state index contributed by atoms with van der Waals surface area (Å²) >= 11 is 0. The summed E-state index contributed by atoms with van der Waals surface area (Å²) in [5.41, 5.74) is -0.394. The lowest BCUT2D eigenvalue weighted by Crippen LogP contribution is -2.27. The first kappa shape index (κ1) is 15.0. The molecule has 0 heterocycles. The van der Waals surface area contributed by atoms with Gasteiger partial charge in [0.25, 0.3) is 0 Å². The van der Waals surface area contributed by atoms with Crippen LogP contribution in [-0.4, -0.2) is 31.3 Å². The van der Waals surface area contributed by atoms with E-state index in [1.165, 1.54) is 6.26 Å². The van der Waals surface area contributed by atoms with Crippen LogP contribution in [0, 0.1) is 0 Å². The SMILES string of the molecule is C=COCCCNCCC(=O)OC(C)(C)C. The molecule has 0 aliphatic carbocycles. The maximum Gasteiger partial charge on any atom is 0.307 e. The highest BCUT2D eigenvalue weighted by molar-refractivity contribution is 5.70. The second-order valence-electron chi connectivity index (χ2n) is 4.48. The molecule has 0 fully saturated rings. The van der Waals surface area contributed by atoms with Crippen molar-refractivity contribution in [2.45, 2.75) is 39.2 Å². The van der Waals surface area contributed by atoms with E-state index in [9.17, 15) is 4.79 Å².